The molecule has 16 heavy (non-hydrogen) atoms. The zero-order chi connectivity index (χ0) is 11.1. The number of aromatic nitrogens is 3. The van der Waals surface area contributed by atoms with Gasteiger partial charge in [-0.05, 0) is 24.4 Å². The van der Waals surface area contributed by atoms with E-state index in [0.29, 0.717) is 11.7 Å². The lowest BCUT2D eigenvalue weighted by Gasteiger charge is -1.90. The first-order chi connectivity index (χ1) is 7.72. The van der Waals surface area contributed by atoms with Crippen LogP contribution in [0.5, 0.6) is 0 Å². The summed E-state index contributed by atoms with van der Waals surface area (Å²) in [5, 5.41) is 4.93. The van der Waals surface area contributed by atoms with Crippen LogP contribution in [0.1, 0.15) is 5.82 Å². The molecule has 1 N–H and O–H groups in total. The van der Waals surface area contributed by atoms with Crippen LogP contribution in [0.15, 0.2) is 28.8 Å². The van der Waals surface area contributed by atoms with Crippen molar-refractivity contribution in [2.45, 2.75) is 6.92 Å². The molecule has 3 rings (SSSR count). The summed E-state index contributed by atoms with van der Waals surface area (Å²) in [5.74, 6) is 1.18. The summed E-state index contributed by atoms with van der Waals surface area (Å²) in [5.41, 5.74) is 3.18. The molecular weight excluding hydrogens is 201 g/mol. The number of fused-ring (bicyclic) bond motifs is 1. The summed E-state index contributed by atoms with van der Waals surface area (Å²) in [6, 6.07) is 8.27. The van der Waals surface area contributed by atoms with E-state index in [1.54, 1.807) is 6.92 Å². The van der Waals surface area contributed by atoms with Gasteiger partial charge in [0.15, 0.2) is 5.82 Å². The lowest BCUT2D eigenvalue weighted by Crippen LogP contribution is -1.98. The first-order valence-electron chi connectivity index (χ1n) is 5.12. The Bertz CT molecular complexity index is 656. The zero-order valence-electron chi connectivity index (χ0n) is 9.11. The highest BCUT2D eigenvalue weighted by Crippen LogP contribution is 2.21. The fraction of sp³-hybridized carbons (Fsp3) is 0.0909. The first-order valence-corrected chi connectivity index (χ1v) is 5.12. The maximum absolute atomic E-state index is 5.12. The molecule has 0 aliphatic rings. The molecule has 1 aromatic carbocycles. The molecule has 2 heterocycles. The number of benzene rings is 1. The molecule has 0 spiro atoms. The van der Waals surface area contributed by atoms with Crippen LogP contribution in [0.2, 0.25) is 0 Å². The smallest absolute Gasteiger partial charge is 0.274 e. The SMILES string of the molecule is Bc1ccc2[nH]c(-c3nc(C)no3)cc2c1. The van der Waals surface area contributed by atoms with Crippen molar-refractivity contribution in [3.63, 3.8) is 0 Å². The third kappa shape index (κ3) is 1.41. The number of H-pyrrole nitrogens is 1. The molecule has 4 nitrogen and oxygen atoms in total. The quantitative estimate of drug-likeness (QED) is 0.605. The molecule has 0 amide bonds. The van der Waals surface area contributed by atoms with Gasteiger partial charge in [0.05, 0.1) is 0 Å². The summed E-state index contributed by atoms with van der Waals surface area (Å²) in [7, 11) is 2.07. The zero-order valence-corrected chi connectivity index (χ0v) is 9.11. The third-order valence-corrected chi connectivity index (χ3v) is 2.53. The molecule has 3 aromatic rings. The van der Waals surface area contributed by atoms with Crippen molar-refractivity contribution in [1.82, 2.24) is 15.1 Å². The number of aryl methyl sites for hydroxylation is 1. The van der Waals surface area contributed by atoms with Gasteiger partial charge in [0.1, 0.15) is 13.5 Å². The number of hydrogen-bond donors (Lipinski definition) is 1. The van der Waals surface area contributed by atoms with E-state index in [0.717, 1.165) is 16.6 Å². The maximum atomic E-state index is 5.12. The Balaban J connectivity index is 2.18. The van der Waals surface area contributed by atoms with Crippen molar-refractivity contribution in [3.05, 3.63) is 30.1 Å². The lowest BCUT2D eigenvalue weighted by molar-refractivity contribution is 0.424. The number of nitrogens with zero attached hydrogens (tertiary/aromatic N) is 2. The summed E-state index contributed by atoms with van der Waals surface area (Å²) in [4.78, 5) is 7.45. The van der Waals surface area contributed by atoms with Crippen LogP contribution in [0.3, 0.4) is 0 Å². The molecule has 0 unspecified atom stereocenters. The van der Waals surface area contributed by atoms with Gasteiger partial charge >= 0.3 is 0 Å². The Labute approximate surface area is 93.1 Å². The van der Waals surface area contributed by atoms with Crippen LogP contribution in [-0.4, -0.2) is 23.0 Å². The molecule has 0 aliphatic heterocycles. The molecule has 0 radical (unpaired) electrons. The molecule has 78 valence electrons. The van der Waals surface area contributed by atoms with Gasteiger partial charge in [-0.3, -0.25) is 0 Å². The van der Waals surface area contributed by atoms with Gasteiger partial charge in [0.25, 0.3) is 5.89 Å². The Morgan fingerprint density at radius 1 is 1.31 bits per heavy atom. The van der Waals surface area contributed by atoms with Crippen molar-refractivity contribution in [2.75, 3.05) is 0 Å². The van der Waals surface area contributed by atoms with E-state index in [1.807, 2.05) is 6.07 Å². The van der Waals surface area contributed by atoms with Gasteiger partial charge in [-0.25, -0.2) is 0 Å². The van der Waals surface area contributed by atoms with Crippen LogP contribution >= 0.6 is 0 Å². The highest BCUT2D eigenvalue weighted by molar-refractivity contribution is 6.33. The molecule has 0 aliphatic carbocycles. The van der Waals surface area contributed by atoms with Gasteiger partial charge in [0.2, 0.25) is 0 Å². The Kier molecular flexibility index (Phi) is 1.86. The van der Waals surface area contributed by atoms with E-state index in [9.17, 15) is 0 Å². The predicted molar refractivity (Wildman–Crippen MR) is 64.5 cm³/mol. The minimum Gasteiger partial charge on any atom is -0.351 e. The predicted octanol–water partition coefficient (Wildman–Crippen LogP) is 0.785. The van der Waals surface area contributed by atoms with Crippen molar-refractivity contribution in [1.29, 1.82) is 0 Å². The summed E-state index contributed by atoms with van der Waals surface area (Å²) in [6.45, 7) is 1.81. The Morgan fingerprint density at radius 2 is 2.19 bits per heavy atom. The highest BCUT2D eigenvalue weighted by atomic mass is 16.5. The second-order valence-corrected chi connectivity index (χ2v) is 3.92. The Hall–Kier alpha value is -2.04. The molecule has 0 atom stereocenters. The Morgan fingerprint density at radius 3 is 2.94 bits per heavy atom. The van der Waals surface area contributed by atoms with Crippen molar-refractivity contribution >= 4 is 24.2 Å². The van der Waals surface area contributed by atoms with Gasteiger partial charge in [-0.2, -0.15) is 4.98 Å². The lowest BCUT2D eigenvalue weighted by atomic mass is 9.95. The number of hydrogen-bond acceptors (Lipinski definition) is 3. The number of rotatable bonds is 1. The van der Waals surface area contributed by atoms with Crippen molar-refractivity contribution in [2.24, 2.45) is 0 Å². The minimum atomic E-state index is 0.534. The monoisotopic (exact) mass is 211 g/mol. The maximum Gasteiger partial charge on any atom is 0.274 e. The van der Waals surface area contributed by atoms with Gasteiger partial charge < -0.3 is 9.51 Å². The average Bonchev–Trinajstić information content (AvgIpc) is 2.83. The fourth-order valence-corrected chi connectivity index (χ4v) is 1.77. The van der Waals surface area contributed by atoms with E-state index >= 15 is 0 Å². The second-order valence-electron chi connectivity index (χ2n) is 3.92. The van der Waals surface area contributed by atoms with Crippen molar-refractivity contribution < 1.29 is 4.52 Å². The summed E-state index contributed by atoms with van der Waals surface area (Å²) >= 11 is 0. The van der Waals surface area contributed by atoms with Gasteiger partial charge in [-0.1, -0.05) is 22.8 Å². The normalized spacial score (nSPS) is 11.1. The summed E-state index contributed by atoms with van der Waals surface area (Å²) < 4.78 is 5.12. The van der Waals surface area contributed by atoms with Crippen molar-refractivity contribution in [3.8, 4) is 11.6 Å². The van der Waals surface area contributed by atoms with E-state index < -0.39 is 0 Å². The van der Waals surface area contributed by atoms with Crippen LogP contribution in [0.4, 0.5) is 0 Å². The summed E-state index contributed by atoms with van der Waals surface area (Å²) in [6.07, 6.45) is 0. The fourth-order valence-electron chi connectivity index (χ4n) is 1.77. The van der Waals surface area contributed by atoms with E-state index in [4.69, 9.17) is 4.52 Å². The van der Waals surface area contributed by atoms with Crippen LogP contribution in [0, 0.1) is 6.92 Å². The van der Waals surface area contributed by atoms with E-state index in [2.05, 4.69) is 41.2 Å². The average molecular weight is 211 g/mol. The number of nitrogens with one attached hydrogen (secondary N) is 1. The van der Waals surface area contributed by atoms with Crippen LogP contribution < -0.4 is 5.46 Å². The molecule has 5 heteroatoms. The van der Waals surface area contributed by atoms with E-state index in [1.165, 1.54) is 5.46 Å². The second kappa shape index (κ2) is 3.23. The molecule has 2 aromatic heterocycles. The number of aromatic amines is 1. The molecule has 0 fully saturated rings. The molecule has 0 bridgehead atoms. The third-order valence-electron chi connectivity index (χ3n) is 2.53. The van der Waals surface area contributed by atoms with E-state index in [-0.39, 0.29) is 0 Å². The topological polar surface area (TPSA) is 54.7 Å². The molecule has 0 saturated heterocycles. The highest BCUT2D eigenvalue weighted by Gasteiger charge is 2.09. The first kappa shape index (κ1) is 9.21. The van der Waals surface area contributed by atoms with Gasteiger partial charge in [0, 0.05) is 5.52 Å². The molecule has 0 saturated carbocycles. The van der Waals surface area contributed by atoms with Crippen LogP contribution in [-0.2, 0) is 0 Å². The van der Waals surface area contributed by atoms with Gasteiger partial charge in [-0.15, -0.1) is 0 Å². The minimum absolute atomic E-state index is 0.534. The largest absolute Gasteiger partial charge is 0.351 e. The standard InChI is InChI=1S/C11H10BN3O/c1-6-13-11(16-15-6)10-5-7-4-8(12)2-3-9(7)14-10/h2-5,14H,12H2,1H3. The molecular formula is C11H10BN3O. The van der Waals surface area contributed by atoms with Crippen LogP contribution in [0.25, 0.3) is 22.5 Å².